The molecule has 12 heteroatoms. The molecule has 6 rings (SSSR count). The molecule has 0 spiro atoms. The summed E-state index contributed by atoms with van der Waals surface area (Å²) in [6.07, 6.45) is 0. The monoisotopic (exact) mass is 627 g/mol. The van der Waals surface area contributed by atoms with Gasteiger partial charge in [0.2, 0.25) is 17.7 Å². The lowest BCUT2D eigenvalue weighted by Gasteiger charge is -2.31. The van der Waals surface area contributed by atoms with Crippen LogP contribution in [0.15, 0.2) is 76.6 Å². The van der Waals surface area contributed by atoms with Gasteiger partial charge in [-0.15, -0.1) is 0 Å². The second kappa shape index (κ2) is 10.8. The summed E-state index contributed by atoms with van der Waals surface area (Å²) in [6, 6.07) is 17.4. The molecular weight excluding hydrogens is 608 g/mol. The predicted molar refractivity (Wildman–Crippen MR) is 159 cm³/mol. The number of fused-ring (bicyclic) bond motifs is 2. The first-order valence-electron chi connectivity index (χ1n) is 12.5. The van der Waals surface area contributed by atoms with Crippen molar-refractivity contribution in [3.63, 3.8) is 0 Å². The lowest BCUT2D eigenvalue weighted by atomic mass is 9.83. The molecule has 2 aliphatic rings. The molecule has 3 heterocycles. The number of hydrogen-bond acceptors (Lipinski definition) is 6. The molecule has 4 aromatic rings. The van der Waals surface area contributed by atoms with Gasteiger partial charge in [-0.25, -0.2) is 9.29 Å². The van der Waals surface area contributed by atoms with Crippen molar-refractivity contribution < 1.29 is 18.8 Å². The highest BCUT2D eigenvalue weighted by molar-refractivity contribution is 8.00. The van der Waals surface area contributed by atoms with E-state index in [-0.39, 0.29) is 22.3 Å². The van der Waals surface area contributed by atoms with E-state index < -0.39 is 45.5 Å². The van der Waals surface area contributed by atoms with E-state index in [4.69, 9.17) is 23.2 Å². The molecule has 3 aromatic carbocycles. The highest BCUT2D eigenvalue weighted by Gasteiger charge is 2.57. The summed E-state index contributed by atoms with van der Waals surface area (Å²) in [4.78, 5) is 55.1. The second-order valence-electron chi connectivity index (χ2n) is 9.71. The van der Waals surface area contributed by atoms with Crippen LogP contribution in [0.1, 0.15) is 21.9 Å². The zero-order valence-electron chi connectivity index (χ0n) is 21.3. The van der Waals surface area contributed by atoms with Gasteiger partial charge in [-0.3, -0.25) is 23.7 Å². The van der Waals surface area contributed by atoms with Crippen LogP contribution in [-0.2, 0) is 20.9 Å². The molecule has 0 bridgehead atoms. The van der Waals surface area contributed by atoms with Crippen LogP contribution < -0.4 is 15.1 Å². The predicted octanol–water partition coefficient (Wildman–Crippen LogP) is 6.10. The molecule has 1 saturated heterocycles. The van der Waals surface area contributed by atoms with Gasteiger partial charge in [0.05, 0.1) is 26.7 Å². The Labute approximate surface area is 251 Å². The summed E-state index contributed by atoms with van der Waals surface area (Å²) < 4.78 is 15.0. The maximum absolute atomic E-state index is 13.9. The number of nitrogens with one attached hydrogen (secondary N) is 1. The summed E-state index contributed by atoms with van der Waals surface area (Å²) in [5.74, 6) is -3.59. The smallest absolute Gasteiger partial charge is 0.308 e. The number of imide groups is 1. The van der Waals surface area contributed by atoms with Gasteiger partial charge in [0.25, 0.3) is 0 Å². The van der Waals surface area contributed by atoms with Crippen molar-refractivity contribution in [1.82, 2.24) is 4.57 Å². The van der Waals surface area contributed by atoms with Gasteiger partial charge in [0.15, 0.2) is 0 Å². The van der Waals surface area contributed by atoms with Crippen LogP contribution in [0, 0.1) is 18.7 Å². The first kappa shape index (κ1) is 27.7. The van der Waals surface area contributed by atoms with Gasteiger partial charge in [-0.2, -0.15) is 0 Å². The van der Waals surface area contributed by atoms with Crippen molar-refractivity contribution in [1.29, 1.82) is 0 Å². The summed E-state index contributed by atoms with van der Waals surface area (Å²) in [5, 5.41) is 2.78. The summed E-state index contributed by atoms with van der Waals surface area (Å²) in [6.45, 7) is 1.61. The van der Waals surface area contributed by atoms with Crippen LogP contribution in [0.25, 0.3) is 0 Å². The maximum Gasteiger partial charge on any atom is 0.308 e. The number of aromatic nitrogens is 1. The van der Waals surface area contributed by atoms with E-state index >= 15 is 0 Å². The zero-order chi connectivity index (χ0) is 29.0. The van der Waals surface area contributed by atoms with Gasteiger partial charge >= 0.3 is 4.87 Å². The number of benzene rings is 3. The van der Waals surface area contributed by atoms with Crippen molar-refractivity contribution in [3.8, 4) is 0 Å². The average molecular weight is 629 g/mol. The lowest BCUT2D eigenvalue weighted by Crippen LogP contribution is -2.33. The Balaban J connectivity index is 1.44. The zero-order valence-corrected chi connectivity index (χ0v) is 24.4. The topological polar surface area (TPSA) is 88.5 Å². The van der Waals surface area contributed by atoms with Crippen molar-refractivity contribution >= 4 is 75.4 Å². The molecule has 3 atom stereocenters. The maximum atomic E-state index is 13.9. The molecule has 7 nitrogen and oxygen atoms in total. The number of amides is 3. The third-order valence-electron chi connectivity index (χ3n) is 7.05. The first-order chi connectivity index (χ1) is 19.6. The van der Waals surface area contributed by atoms with E-state index in [9.17, 15) is 23.6 Å². The fourth-order valence-corrected chi connectivity index (χ4v) is 8.45. The minimum absolute atomic E-state index is 0.209. The number of anilines is 2. The molecule has 1 fully saturated rings. The third kappa shape index (κ3) is 4.88. The van der Waals surface area contributed by atoms with Gasteiger partial charge in [0, 0.05) is 16.5 Å². The van der Waals surface area contributed by atoms with E-state index in [1.807, 2.05) is 25.1 Å². The Morgan fingerprint density at radius 3 is 2.46 bits per heavy atom. The Bertz CT molecular complexity index is 1790. The quantitative estimate of drug-likeness (QED) is 0.270. The van der Waals surface area contributed by atoms with E-state index in [1.54, 1.807) is 24.3 Å². The molecule has 0 radical (unpaired) electrons. The van der Waals surface area contributed by atoms with Crippen molar-refractivity contribution in [3.05, 3.63) is 108 Å². The molecule has 3 amide bonds. The molecule has 208 valence electrons. The fourth-order valence-electron chi connectivity index (χ4n) is 5.26. The number of hydrogen-bond donors (Lipinski definition) is 1. The summed E-state index contributed by atoms with van der Waals surface area (Å²) in [5.41, 5.74) is 2.29. The third-order valence-corrected chi connectivity index (χ3v) is 10.5. The van der Waals surface area contributed by atoms with E-state index in [0.717, 1.165) is 33.6 Å². The number of carbonyl (C=O) groups excluding carboxylic acids is 3. The van der Waals surface area contributed by atoms with Crippen LogP contribution in [0.3, 0.4) is 0 Å². The number of carbonyl (C=O) groups is 3. The van der Waals surface area contributed by atoms with Crippen LogP contribution in [-0.4, -0.2) is 27.5 Å². The van der Waals surface area contributed by atoms with Crippen molar-refractivity contribution in [2.75, 3.05) is 10.2 Å². The van der Waals surface area contributed by atoms with Crippen LogP contribution in [0.2, 0.25) is 10.0 Å². The second-order valence-corrected chi connectivity index (χ2v) is 12.6. The van der Waals surface area contributed by atoms with Crippen LogP contribution in [0.4, 0.5) is 15.8 Å². The summed E-state index contributed by atoms with van der Waals surface area (Å²) in [7, 11) is 0. The largest absolute Gasteiger partial charge is 0.325 e. The minimum atomic E-state index is -0.916. The highest BCUT2D eigenvalue weighted by atomic mass is 35.5. The molecular formula is C29H20Cl2FN3O4S2. The number of nitrogens with zero attached hydrogens (tertiary/aromatic N) is 2. The van der Waals surface area contributed by atoms with E-state index in [2.05, 4.69) is 5.32 Å². The van der Waals surface area contributed by atoms with Crippen LogP contribution >= 0.6 is 46.3 Å². The molecule has 0 aliphatic carbocycles. The van der Waals surface area contributed by atoms with Crippen molar-refractivity contribution in [2.24, 2.45) is 5.92 Å². The SMILES string of the molecule is Cc1cccc(NC(=O)Cn2c3c(sc2=O)C(c2cccc(Cl)c2Cl)C2C(=O)N(c4ccc(F)cc4)C(=O)C2S3)c1. The standard InChI is InChI=1S/C29H20Cl2FN3O4S2/c1-14-4-2-5-16(12-14)33-20(36)13-34-28-25(41-29(34)39)21(18-6-3-7-19(30)23(18)31)22-24(40-28)27(38)35(26(22)37)17-10-8-15(32)9-11-17/h2-12,21-22,24H,13H2,1H3,(H,33,36). The van der Waals surface area contributed by atoms with E-state index in [1.165, 1.54) is 28.8 Å². The Kier molecular flexibility index (Phi) is 7.27. The number of halogens is 3. The molecule has 41 heavy (non-hydrogen) atoms. The fraction of sp³-hybridized carbons (Fsp3) is 0.172. The highest BCUT2D eigenvalue weighted by Crippen LogP contribution is 2.55. The van der Waals surface area contributed by atoms with Gasteiger partial charge in [-0.1, -0.05) is 70.6 Å². The normalized spacial score (nSPS) is 19.7. The lowest BCUT2D eigenvalue weighted by molar-refractivity contribution is -0.122. The van der Waals surface area contributed by atoms with Gasteiger partial charge in [0.1, 0.15) is 17.6 Å². The van der Waals surface area contributed by atoms with Crippen molar-refractivity contribution in [2.45, 2.75) is 29.7 Å². The van der Waals surface area contributed by atoms with Gasteiger partial charge < -0.3 is 5.32 Å². The number of aryl methyl sites for hydroxylation is 1. The molecule has 2 aliphatic heterocycles. The molecule has 3 unspecified atom stereocenters. The van der Waals surface area contributed by atoms with Gasteiger partial charge in [-0.05, 0) is 60.5 Å². The first-order valence-corrected chi connectivity index (χ1v) is 14.9. The summed E-state index contributed by atoms with van der Waals surface area (Å²) >= 11 is 15.0. The minimum Gasteiger partial charge on any atom is -0.325 e. The number of thiazole rings is 1. The Morgan fingerprint density at radius 1 is 1.00 bits per heavy atom. The van der Waals surface area contributed by atoms with Crippen LogP contribution in [0.5, 0.6) is 0 Å². The molecule has 1 aromatic heterocycles. The average Bonchev–Trinajstić information content (AvgIpc) is 3.37. The number of rotatable bonds is 5. The Hall–Kier alpha value is -3.44. The Morgan fingerprint density at radius 2 is 1.73 bits per heavy atom. The molecule has 0 saturated carbocycles. The number of thioether (sulfide) groups is 1. The van der Waals surface area contributed by atoms with E-state index in [0.29, 0.717) is 21.2 Å². The molecule has 1 N–H and O–H groups in total.